The summed E-state index contributed by atoms with van der Waals surface area (Å²) in [6.45, 7) is 0.952. The van der Waals surface area contributed by atoms with Crippen molar-refractivity contribution in [3.05, 3.63) is 17.8 Å². The summed E-state index contributed by atoms with van der Waals surface area (Å²) in [7, 11) is 1.85. The van der Waals surface area contributed by atoms with E-state index in [0.29, 0.717) is 17.1 Å². The molecule has 100 valence electrons. The molecule has 0 atom stereocenters. The Balaban J connectivity index is 2.72. The van der Waals surface area contributed by atoms with E-state index in [0.717, 1.165) is 25.8 Å². The first kappa shape index (κ1) is 14.2. The molecule has 0 aromatic carbocycles. The second-order valence-electron chi connectivity index (χ2n) is 4.21. The molecule has 0 aliphatic rings. The van der Waals surface area contributed by atoms with Gasteiger partial charge in [0.05, 0.1) is 17.4 Å². The Morgan fingerprint density at radius 3 is 2.78 bits per heavy atom. The summed E-state index contributed by atoms with van der Waals surface area (Å²) in [5, 5.41) is 8.69. The lowest BCUT2D eigenvalue weighted by Gasteiger charge is -2.20. The van der Waals surface area contributed by atoms with Crippen LogP contribution in [0.15, 0.2) is 12.3 Å². The third-order valence-electron chi connectivity index (χ3n) is 2.67. The van der Waals surface area contributed by atoms with E-state index in [-0.39, 0.29) is 6.61 Å². The molecule has 0 aliphatic heterocycles. The first-order valence-corrected chi connectivity index (χ1v) is 5.93. The monoisotopic (exact) mass is 252 g/mol. The maximum Gasteiger partial charge on any atom is 0.252 e. The van der Waals surface area contributed by atoms with Gasteiger partial charge in [-0.1, -0.05) is 0 Å². The summed E-state index contributed by atoms with van der Waals surface area (Å²) in [6, 6.07) is 1.54. The third kappa shape index (κ3) is 3.89. The van der Waals surface area contributed by atoms with Crippen LogP contribution >= 0.6 is 0 Å². The summed E-state index contributed by atoms with van der Waals surface area (Å²) in [6.07, 6.45) is 4.14. The summed E-state index contributed by atoms with van der Waals surface area (Å²) < 4.78 is 0. The first-order valence-electron chi connectivity index (χ1n) is 5.93. The number of carbonyl (C=O) groups excluding carboxylic acids is 1. The zero-order valence-corrected chi connectivity index (χ0v) is 10.6. The van der Waals surface area contributed by atoms with E-state index in [1.54, 1.807) is 0 Å². The number of rotatable bonds is 7. The molecule has 0 spiro atoms. The molecule has 6 heteroatoms. The van der Waals surface area contributed by atoms with Crippen LogP contribution in [0, 0.1) is 0 Å². The van der Waals surface area contributed by atoms with Crippen molar-refractivity contribution in [3.8, 4) is 0 Å². The van der Waals surface area contributed by atoms with Crippen LogP contribution in [-0.2, 0) is 0 Å². The lowest BCUT2D eigenvalue weighted by molar-refractivity contribution is 0.100. The number of primary amides is 1. The molecule has 18 heavy (non-hydrogen) atoms. The average Bonchev–Trinajstić information content (AvgIpc) is 2.34. The van der Waals surface area contributed by atoms with Crippen LogP contribution in [0.1, 0.15) is 29.6 Å². The van der Waals surface area contributed by atoms with Gasteiger partial charge in [-0.25, -0.2) is 4.98 Å². The van der Waals surface area contributed by atoms with E-state index in [4.69, 9.17) is 16.6 Å². The van der Waals surface area contributed by atoms with Crippen LogP contribution in [0.5, 0.6) is 0 Å². The molecule has 0 saturated carbocycles. The van der Waals surface area contributed by atoms with Gasteiger partial charge < -0.3 is 21.5 Å². The Hall–Kier alpha value is -1.82. The van der Waals surface area contributed by atoms with Crippen molar-refractivity contribution in [1.82, 2.24) is 4.98 Å². The van der Waals surface area contributed by atoms with Gasteiger partial charge in [0.2, 0.25) is 0 Å². The van der Waals surface area contributed by atoms with Crippen molar-refractivity contribution < 1.29 is 9.90 Å². The van der Waals surface area contributed by atoms with Gasteiger partial charge in [-0.15, -0.1) is 0 Å². The minimum atomic E-state index is -0.535. The summed E-state index contributed by atoms with van der Waals surface area (Å²) in [4.78, 5) is 17.3. The molecule has 1 heterocycles. The molecule has 1 aromatic rings. The maximum atomic E-state index is 11.3. The minimum absolute atomic E-state index is 0.205. The molecule has 5 N–H and O–H groups in total. The number of hydrogen-bond acceptors (Lipinski definition) is 5. The first-order chi connectivity index (χ1) is 8.56. The number of nitrogen functional groups attached to an aromatic ring is 1. The van der Waals surface area contributed by atoms with Gasteiger partial charge in [0.25, 0.3) is 5.91 Å². The molecule has 1 rings (SSSR count). The summed E-state index contributed by atoms with van der Waals surface area (Å²) >= 11 is 0. The highest BCUT2D eigenvalue weighted by molar-refractivity contribution is 5.98. The van der Waals surface area contributed by atoms with Gasteiger partial charge in [-0.05, 0) is 25.3 Å². The van der Waals surface area contributed by atoms with Crippen molar-refractivity contribution >= 4 is 17.4 Å². The van der Waals surface area contributed by atoms with E-state index >= 15 is 0 Å². The van der Waals surface area contributed by atoms with Gasteiger partial charge in [0.15, 0.2) is 0 Å². The standard InChI is InChI=1S/C12H20N4O2/c1-16(5-3-2-4-6-17)12-10(11(14)18)7-9(13)8-15-12/h7-8,17H,2-6,13H2,1H3,(H2,14,18). The number of nitrogens with zero attached hydrogens (tertiary/aromatic N) is 2. The Morgan fingerprint density at radius 1 is 1.44 bits per heavy atom. The Kier molecular flexibility index (Phi) is 5.38. The van der Waals surface area contributed by atoms with Crippen molar-refractivity contribution in [3.63, 3.8) is 0 Å². The number of pyridine rings is 1. The highest BCUT2D eigenvalue weighted by atomic mass is 16.2. The molecule has 0 bridgehead atoms. The molecule has 6 nitrogen and oxygen atoms in total. The van der Waals surface area contributed by atoms with Gasteiger partial charge in [0, 0.05) is 20.2 Å². The molecule has 0 unspecified atom stereocenters. The fraction of sp³-hybridized carbons (Fsp3) is 0.500. The molecule has 0 fully saturated rings. The van der Waals surface area contributed by atoms with Crippen molar-refractivity contribution in [2.24, 2.45) is 5.73 Å². The van der Waals surface area contributed by atoms with Gasteiger partial charge >= 0.3 is 0 Å². The van der Waals surface area contributed by atoms with Gasteiger partial charge in [0.1, 0.15) is 5.82 Å². The predicted octanol–water partition coefficient (Wildman–Crippen LogP) is 0.361. The predicted molar refractivity (Wildman–Crippen MR) is 71.4 cm³/mol. The highest BCUT2D eigenvalue weighted by Gasteiger charge is 2.13. The SMILES string of the molecule is CN(CCCCCO)c1ncc(N)cc1C(N)=O. The topological polar surface area (TPSA) is 105 Å². The summed E-state index contributed by atoms with van der Waals surface area (Å²) in [5.74, 6) is 0.00714. The number of unbranched alkanes of at least 4 members (excludes halogenated alkanes) is 2. The number of aliphatic hydroxyl groups is 1. The lowest BCUT2D eigenvalue weighted by Crippen LogP contribution is -2.24. The normalized spacial score (nSPS) is 10.3. The quantitative estimate of drug-likeness (QED) is 0.608. The second kappa shape index (κ2) is 6.80. The molecule has 0 radical (unpaired) electrons. The molecular weight excluding hydrogens is 232 g/mol. The van der Waals surface area contributed by atoms with Crippen LogP contribution < -0.4 is 16.4 Å². The molecular formula is C12H20N4O2. The lowest BCUT2D eigenvalue weighted by atomic mass is 10.2. The number of hydrogen-bond donors (Lipinski definition) is 3. The fourth-order valence-corrected chi connectivity index (χ4v) is 1.70. The smallest absolute Gasteiger partial charge is 0.252 e. The minimum Gasteiger partial charge on any atom is -0.397 e. The number of aliphatic hydroxyl groups excluding tert-OH is 1. The number of aromatic nitrogens is 1. The van der Waals surface area contributed by atoms with E-state index in [1.165, 1.54) is 12.3 Å². The Bertz CT molecular complexity index is 409. The van der Waals surface area contributed by atoms with Crippen LogP contribution in [0.2, 0.25) is 0 Å². The molecule has 1 amide bonds. The zero-order chi connectivity index (χ0) is 13.5. The molecule has 1 aromatic heterocycles. The Morgan fingerprint density at radius 2 is 2.17 bits per heavy atom. The number of amides is 1. The van der Waals surface area contributed by atoms with Gasteiger partial charge in [-0.2, -0.15) is 0 Å². The number of carbonyl (C=O) groups is 1. The van der Waals surface area contributed by atoms with E-state index in [2.05, 4.69) is 4.98 Å². The molecule has 0 aliphatic carbocycles. The van der Waals surface area contributed by atoms with Crippen molar-refractivity contribution in [2.45, 2.75) is 19.3 Å². The van der Waals surface area contributed by atoms with E-state index < -0.39 is 5.91 Å². The Labute approximate surface area is 107 Å². The van der Waals surface area contributed by atoms with E-state index in [1.807, 2.05) is 11.9 Å². The van der Waals surface area contributed by atoms with Crippen LogP contribution in [0.25, 0.3) is 0 Å². The largest absolute Gasteiger partial charge is 0.397 e. The average molecular weight is 252 g/mol. The van der Waals surface area contributed by atoms with Crippen molar-refractivity contribution in [2.75, 3.05) is 30.8 Å². The second-order valence-corrected chi connectivity index (χ2v) is 4.21. The summed E-state index contributed by atoms with van der Waals surface area (Å²) in [5.41, 5.74) is 11.6. The fourth-order valence-electron chi connectivity index (χ4n) is 1.70. The zero-order valence-electron chi connectivity index (χ0n) is 10.6. The maximum absolute atomic E-state index is 11.3. The number of nitrogens with two attached hydrogens (primary N) is 2. The van der Waals surface area contributed by atoms with Crippen LogP contribution in [0.3, 0.4) is 0 Å². The third-order valence-corrected chi connectivity index (χ3v) is 2.67. The molecule has 0 saturated heterocycles. The van der Waals surface area contributed by atoms with Crippen LogP contribution in [0.4, 0.5) is 11.5 Å². The van der Waals surface area contributed by atoms with Crippen molar-refractivity contribution in [1.29, 1.82) is 0 Å². The highest BCUT2D eigenvalue weighted by Crippen LogP contribution is 2.18. The van der Waals surface area contributed by atoms with Crippen LogP contribution in [-0.4, -0.2) is 36.2 Å². The van der Waals surface area contributed by atoms with Gasteiger partial charge in [-0.3, -0.25) is 4.79 Å². The van der Waals surface area contributed by atoms with E-state index in [9.17, 15) is 4.79 Å². The number of anilines is 2.